The quantitative estimate of drug-likeness (QED) is 0.595. The van der Waals surface area contributed by atoms with Crippen molar-refractivity contribution >= 4 is 12.2 Å². The average molecular weight is 159 g/mol. The van der Waals surface area contributed by atoms with Crippen LogP contribution in [0.5, 0.6) is 0 Å². The zero-order valence-electron chi connectivity index (χ0n) is 7.38. The lowest BCUT2D eigenvalue weighted by molar-refractivity contribution is 1.03. The molecule has 0 N–H and O–H groups in total. The maximum Gasteiger partial charge on any atom is 0.0659 e. The maximum atomic E-state index is 4.40. The van der Waals surface area contributed by atoms with Gasteiger partial charge in [-0.2, -0.15) is 0 Å². The monoisotopic (exact) mass is 159 g/mol. The normalized spacial score (nSPS) is 14.4. The molecule has 0 atom stereocenters. The van der Waals surface area contributed by atoms with Crippen molar-refractivity contribution in [2.75, 3.05) is 0 Å². The summed E-state index contributed by atoms with van der Waals surface area (Å²) in [6, 6.07) is 2.25. The van der Waals surface area contributed by atoms with Gasteiger partial charge in [0.25, 0.3) is 0 Å². The second kappa shape index (κ2) is 3.10. The Balaban J connectivity index is 2.65. The van der Waals surface area contributed by atoms with Crippen LogP contribution in [0.25, 0.3) is 12.2 Å². The van der Waals surface area contributed by atoms with Gasteiger partial charge in [0.05, 0.1) is 5.35 Å². The average Bonchev–Trinajstić information content (AvgIpc) is 2.17. The van der Waals surface area contributed by atoms with E-state index in [9.17, 15) is 0 Å². The number of rotatable bonds is 1. The molecular formula is C11H13N. The molecular weight excluding hydrogens is 146 g/mol. The Morgan fingerprint density at radius 3 is 3.00 bits per heavy atom. The molecule has 1 aliphatic carbocycles. The summed E-state index contributed by atoms with van der Waals surface area (Å²) in [4.78, 5) is 4.40. The van der Waals surface area contributed by atoms with Gasteiger partial charge in [0, 0.05) is 6.20 Å². The van der Waals surface area contributed by atoms with Gasteiger partial charge < -0.3 is 0 Å². The minimum absolute atomic E-state index is 1.08. The van der Waals surface area contributed by atoms with Gasteiger partial charge in [-0.15, -0.1) is 0 Å². The Morgan fingerprint density at radius 1 is 1.33 bits per heavy atom. The van der Waals surface area contributed by atoms with Crippen molar-refractivity contribution in [2.24, 2.45) is 0 Å². The van der Waals surface area contributed by atoms with Gasteiger partial charge in [-0.3, -0.25) is 4.98 Å². The third-order valence-electron chi connectivity index (χ3n) is 2.28. The topological polar surface area (TPSA) is 12.9 Å². The minimum atomic E-state index is 1.08. The molecule has 0 spiro atoms. The fraction of sp³-hybridized carbons (Fsp3) is 0.364. The van der Waals surface area contributed by atoms with E-state index in [1.54, 1.807) is 0 Å². The van der Waals surface area contributed by atoms with Gasteiger partial charge in [0.15, 0.2) is 0 Å². The van der Waals surface area contributed by atoms with E-state index in [-0.39, 0.29) is 0 Å². The lowest BCUT2D eigenvalue weighted by Crippen LogP contribution is -2.30. The molecule has 1 heteroatoms. The van der Waals surface area contributed by atoms with Crippen LogP contribution in [-0.2, 0) is 6.42 Å². The number of aromatic nitrogens is 1. The van der Waals surface area contributed by atoms with Gasteiger partial charge in [0.2, 0.25) is 0 Å². The van der Waals surface area contributed by atoms with E-state index in [0.29, 0.717) is 0 Å². The zero-order chi connectivity index (χ0) is 8.39. The highest BCUT2D eigenvalue weighted by Gasteiger charge is 1.95. The first kappa shape index (κ1) is 7.53. The van der Waals surface area contributed by atoms with Crippen molar-refractivity contribution in [3.05, 3.63) is 28.4 Å². The smallest absolute Gasteiger partial charge is 0.0659 e. The lowest BCUT2D eigenvalue weighted by atomic mass is 10.1. The lowest BCUT2D eigenvalue weighted by Gasteiger charge is -2.00. The maximum absolute atomic E-state index is 4.40. The number of aryl methyl sites for hydroxylation is 1. The van der Waals surface area contributed by atoms with Crippen LogP contribution in [0.3, 0.4) is 0 Å². The summed E-state index contributed by atoms with van der Waals surface area (Å²) in [7, 11) is 0. The second-order valence-electron chi connectivity index (χ2n) is 3.16. The first-order valence-electron chi connectivity index (χ1n) is 4.55. The van der Waals surface area contributed by atoms with E-state index in [0.717, 1.165) is 12.8 Å². The molecule has 1 nitrogen and oxygen atoms in total. The molecule has 0 fully saturated rings. The molecule has 0 bridgehead atoms. The summed E-state index contributed by atoms with van der Waals surface area (Å²) in [5, 5.41) is 2.49. The van der Waals surface area contributed by atoms with Crippen LogP contribution in [-0.4, -0.2) is 4.98 Å². The molecule has 1 aromatic heterocycles. The molecule has 2 rings (SSSR count). The Hall–Kier alpha value is -1.11. The third kappa shape index (κ3) is 1.27. The molecule has 62 valence electrons. The highest BCUT2D eigenvalue weighted by atomic mass is 14.6. The molecule has 0 saturated heterocycles. The minimum Gasteiger partial charge on any atom is -0.256 e. The molecule has 1 aliphatic rings. The van der Waals surface area contributed by atoms with Crippen molar-refractivity contribution in [1.82, 2.24) is 4.98 Å². The Bertz CT molecular complexity index is 390. The summed E-state index contributed by atoms with van der Waals surface area (Å²) in [6.45, 7) is 2.16. The fourth-order valence-electron chi connectivity index (χ4n) is 1.52. The number of fused-ring (bicyclic) bond motifs is 1. The molecule has 0 amide bonds. The van der Waals surface area contributed by atoms with Crippen LogP contribution in [0.4, 0.5) is 0 Å². The molecule has 0 unspecified atom stereocenters. The van der Waals surface area contributed by atoms with Crippen LogP contribution >= 0.6 is 0 Å². The molecule has 1 aromatic rings. The Kier molecular flexibility index (Phi) is 1.94. The predicted molar refractivity (Wildman–Crippen MR) is 51.0 cm³/mol. The van der Waals surface area contributed by atoms with Gasteiger partial charge in [0.1, 0.15) is 0 Å². The van der Waals surface area contributed by atoms with Gasteiger partial charge >= 0.3 is 0 Å². The van der Waals surface area contributed by atoms with Crippen molar-refractivity contribution in [2.45, 2.75) is 26.2 Å². The summed E-state index contributed by atoms with van der Waals surface area (Å²) < 4.78 is 0. The van der Waals surface area contributed by atoms with E-state index in [2.05, 4.69) is 30.1 Å². The van der Waals surface area contributed by atoms with Crippen LogP contribution in [0, 0.1) is 0 Å². The fourth-order valence-corrected chi connectivity index (χ4v) is 1.52. The highest BCUT2D eigenvalue weighted by Crippen LogP contribution is 1.96. The van der Waals surface area contributed by atoms with E-state index >= 15 is 0 Å². The van der Waals surface area contributed by atoms with Crippen LogP contribution in [0.2, 0.25) is 0 Å². The largest absolute Gasteiger partial charge is 0.256 e. The first-order chi connectivity index (χ1) is 5.90. The van der Waals surface area contributed by atoms with E-state index in [1.807, 2.05) is 6.20 Å². The summed E-state index contributed by atoms with van der Waals surface area (Å²) in [5.74, 6) is 0. The van der Waals surface area contributed by atoms with Crippen molar-refractivity contribution in [3.8, 4) is 0 Å². The zero-order valence-corrected chi connectivity index (χ0v) is 7.38. The highest BCUT2D eigenvalue weighted by molar-refractivity contribution is 5.36. The molecule has 0 radical (unpaired) electrons. The van der Waals surface area contributed by atoms with E-state index in [4.69, 9.17) is 0 Å². The van der Waals surface area contributed by atoms with Gasteiger partial charge in [-0.05, 0) is 36.1 Å². The van der Waals surface area contributed by atoms with E-state index < -0.39 is 0 Å². The number of nitrogens with zero attached hydrogens (tertiary/aromatic N) is 1. The molecule has 0 aliphatic heterocycles. The standard InChI is InChI=1S/C11H13N/c1-2-9-7-10-5-3-4-6-11(10)12-8-9/h5-8H,2-4H2,1H3. The molecule has 0 saturated carbocycles. The Labute approximate surface area is 72.5 Å². The van der Waals surface area contributed by atoms with Crippen LogP contribution in [0.1, 0.15) is 25.3 Å². The number of hydrogen-bond donors (Lipinski definition) is 0. The van der Waals surface area contributed by atoms with Gasteiger partial charge in [-0.1, -0.05) is 19.1 Å². The predicted octanol–water partition coefficient (Wildman–Crippen LogP) is 0.999. The van der Waals surface area contributed by atoms with Gasteiger partial charge in [-0.25, -0.2) is 0 Å². The SMILES string of the molecule is CCc1cnc2c(c1)=CCCC=2. The van der Waals surface area contributed by atoms with E-state index in [1.165, 1.54) is 22.6 Å². The van der Waals surface area contributed by atoms with Crippen LogP contribution < -0.4 is 10.6 Å². The number of pyridine rings is 1. The second-order valence-corrected chi connectivity index (χ2v) is 3.16. The van der Waals surface area contributed by atoms with Crippen molar-refractivity contribution in [3.63, 3.8) is 0 Å². The van der Waals surface area contributed by atoms with Crippen molar-refractivity contribution < 1.29 is 0 Å². The summed E-state index contributed by atoms with van der Waals surface area (Å²) in [6.07, 6.45) is 9.87. The number of hydrogen-bond acceptors (Lipinski definition) is 1. The Morgan fingerprint density at radius 2 is 2.17 bits per heavy atom. The summed E-state index contributed by atoms with van der Waals surface area (Å²) in [5.41, 5.74) is 1.33. The summed E-state index contributed by atoms with van der Waals surface area (Å²) >= 11 is 0. The van der Waals surface area contributed by atoms with Crippen molar-refractivity contribution in [1.29, 1.82) is 0 Å². The molecule has 12 heavy (non-hydrogen) atoms. The molecule has 0 aromatic carbocycles. The first-order valence-corrected chi connectivity index (χ1v) is 4.55. The molecule has 1 heterocycles. The van der Waals surface area contributed by atoms with Crippen LogP contribution in [0.15, 0.2) is 12.3 Å². The third-order valence-corrected chi connectivity index (χ3v) is 2.28.